The molecule has 3 N–H and O–H groups in total. The van der Waals surface area contributed by atoms with Gasteiger partial charge >= 0.3 is 0 Å². The summed E-state index contributed by atoms with van der Waals surface area (Å²) >= 11 is 4.46. The van der Waals surface area contributed by atoms with E-state index in [4.69, 9.17) is 5.73 Å². The van der Waals surface area contributed by atoms with Gasteiger partial charge in [-0.15, -0.1) is 11.3 Å². The van der Waals surface area contributed by atoms with Crippen molar-refractivity contribution in [2.45, 2.75) is 25.3 Å². The molecule has 0 saturated heterocycles. The van der Waals surface area contributed by atoms with Crippen LogP contribution in [0.15, 0.2) is 27.6 Å². The minimum absolute atomic E-state index is 0.0192. The van der Waals surface area contributed by atoms with E-state index in [-0.39, 0.29) is 16.7 Å². The second kappa shape index (κ2) is 6.04. The van der Waals surface area contributed by atoms with Crippen LogP contribution in [0.4, 0.5) is 10.1 Å². The zero-order valence-electron chi connectivity index (χ0n) is 11.4. The molecule has 2 aromatic rings. The fourth-order valence-electron chi connectivity index (χ4n) is 1.76. The molecule has 0 radical (unpaired) electrons. The van der Waals surface area contributed by atoms with Gasteiger partial charge in [-0.2, -0.15) is 0 Å². The molecule has 0 aliphatic carbocycles. The number of benzene rings is 1. The summed E-state index contributed by atoms with van der Waals surface area (Å²) in [7, 11) is -3.97. The number of anilines is 1. The van der Waals surface area contributed by atoms with Crippen molar-refractivity contribution in [2.75, 3.05) is 5.73 Å². The van der Waals surface area contributed by atoms with E-state index in [2.05, 4.69) is 20.7 Å². The van der Waals surface area contributed by atoms with Crippen LogP contribution in [0.5, 0.6) is 0 Å². The third-order valence-electron chi connectivity index (χ3n) is 2.96. The van der Waals surface area contributed by atoms with E-state index in [1.165, 1.54) is 17.4 Å². The van der Waals surface area contributed by atoms with Gasteiger partial charge in [0.25, 0.3) is 0 Å². The Morgan fingerprint density at radius 1 is 1.33 bits per heavy atom. The van der Waals surface area contributed by atoms with E-state index in [0.717, 1.165) is 21.4 Å². The fraction of sp³-hybridized carbons (Fsp3) is 0.231. The van der Waals surface area contributed by atoms with Crippen LogP contribution in [0.25, 0.3) is 0 Å². The molecular weight excluding hydrogens is 379 g/mol. The third-order valence-corrected chi connectivity index (χ3v) is 6.09. The Labute approximate surface area is 135 Å². The normalized spacial score (nSPS) is 11.8. The number of sulfonamides is 1. The minimum atomic E-state index is -3.97. The Morgan fingerprint density at radius 3 is 2.57 bits per heavy atom. The highest BCUT2D eigenvalue weighted by atomic mass is 79.9. The fourth-order valence-corrected chi connectivity index (χ4v) is 4.59. The third kappa shape index (κ3) is 3.63. The summed E-state index contributed by atoms with van der Waals surface area (Å²) in [6.07, 6.45) is 0. The number of nitrogens with two attached hydrogens (primary N) is 1. The van der Waals surface area contributed by atoms with E-state index in [0.29, 0.717) is 0 Å². The molecular formula is C13H14BrFN2O2S2. The van der Waals surface area contributed by atoms with Crippen molar-refractivity contribution in [3.8, 4) is 0 Å². The summed E-state index contributed by atoms with van der Waals surface area (Å²) in [5.41, 5.74) is 6.85. The lowest BCUT2D eigenvalue weighted by atomic mass is 10.3. The van der Waals surface area contributed by atoms with Gasteiger partial charge < -0.3 is 5.73 Å². The molecule has 1 aromatic heterocycles. The molecule has 0 fully saturated rings. The van der Waals surface area contributed by atoms with Crippen molar-refractivity contribution >= 4 is 43.0 Å². The van der Waals surface area contributed by atoms with Crippen molar-refractivity contribution < 1.29 is 12.8 Å². The summed E-state index contributed by atoms with van der Waals surface area (Å²) in [4.78, 5) is 1.54. The van der Waals surface area contributed by atoms with Crippen LogP contribution in [0.1, 0.15) is 15.3 Å². The molecule has 0 unspecified atom stereocenters. The zero-order chi connectivity index (χ0) is 15.8. The highest BCUT2D eigenvalue weighted by molar-refractivity contribution is 9.10. The maximum atomic E-state index is 14.0. The van der Waals surface area contributed by atoms with Gasteiger partial charge in [0.15, 0.2) is 5.82 Å². The number of thiophene rings is 1. The predicted octanol–water partition coefficient (Wildman–Crippen LogP) is 3.33. The molecule has 0 amide bonds. The first-order chi connectivity index (χ1) is 9.70. The minimum Gasteiger partial charge on any atom is -0.399 e. The molecule has 1 heterocycles. The molecule has 8 heteroatoms. The second-order valence-electron chi connectivity index (χ2n) is 4.59. The van der Waals surface area contributed by atoms with Crippen LogP contribution >= 0.6 is 27.3 Å². The first-order valence-electron chi connectivity index (χ1n) is 6.01. The Morgan fingerprint density at radius 2 is 2.00 bits per heavy atom. The predicted molar refractivity (Wildman–Crippen MR) is 86.3 cm³/mol. The quantitative estimate of drug-likeness (QED) is 0.783. The standard InChI is InChI=1S/C13H14BrFN2O2S2/c1-7-3-10(20-8(7)2)6-17-21(18,19)12-5-9(16)4-11(14)13(12)15/h3-5,17H,6,16H2,1-2H3. The molecule has 0 atom stereocenters. The Kier molecular flexibility index (Phi) is 4.72. The van der Waals surface area contributed by atoms with Gasteiger partial charge in [-0.3, -0.25) is 0 Å². The molecule has 114 valence electrons. The maximum Gasteiger partial charge on any atom is 0.243 e. The van der Waals surface area contributed by atoms with Gasteiger partial charge in [-0.25, -0.2) is 17.5 Å². The van der Waals surface area contributed by atoms with E-state index in [1.54, 1.807) is 0 Å². The summed E-state index contributed by atoms with van der Waals surface area (Å²) in [5.74, 6) is -0.852. The average molecular weight is 393 g/mol. The van der Waals surface area contributed by atoms with Gasteiger partial charge in [0, 0.05) is 22.0 Å². The first-order valence-corrected chi connectivity index (χ1v) is 9.10. The van der Waals surface area contributed by atoms with Crippen LogP contribution < -0.4 is 10.5 Å². The van der Waals surface area contributed by atoms with Crippen molar-refractivity contribution in [2.24, 2.45) is 0 Å². The highest BCUT2D eigenvalue weighted by Gasteiger charge is 2.21. The van der Waals surface area contributed by atoms with Crippen molar-refractivity contribution in [3.05, 3.63) is 43.8 Å². The van der Waals surface area contributed by atoms with Gasteiger partial charge in [0.1, 0.15) is 4.90 Å². The van der Waals surface area contributed by atoms with Crippen LogP contribution in [0, 0.1) is 19.7 Å². The number of aryl methyl sites for hydroxylation is 2. The van der Waals surface area contributed by atoms with E-state index >= 15 is 0 Å². The summed E-state index contributed by atoms with van der Waals surface area (Å²) in [6, 6.07) is 4.34. The number of hydrogen-bond donors (Lipinski definition) is 2. The average Bonchev–Trinajstić information content (AvgIpc) is 2.71. The number of nitrogen functional groups attached to an aromatic ring is 1. The van der Waals surface area contributed by atoms with E-state index < -0.39 is 20.7 Å². The molecule has 0 spiro atoms. The summed E-state index contributed by atoms with van der Waals surface area (Å²) in [6.45, 7) is 4.04. The molecule has 1 aromatic carbocycles. The molecule has 0 aliphatic heterocycles. The molecule has 4 nitrogen and oxygen atoms in total. The lowest BCUT2D eigenvalue weighted by Crippen LogP contribution is -2.24. The van der Waals surface area contributed by atoms with Crippen molar-refractivity contribution in [3.63, 3.8) is 0 Å². The van der Waals surface area contributed by atoms with Crippen LogP contribution in [-0.4, -0.2) is 8.42 Å². The molecule has 0 bridgehead atoms. The van der Waals surface area contributed by atoms with E-state index in [1.807, 2.05) is 19.9 Å². The maximum absolute atomic E-state index is 14.0. The van der Waals surface area contributed by atoms with Crippen molar-refractivity contribution in [1.29, 1.82) is 0 Å². The molecule has 0 saturated carbocycles. The Balaban J connectivity index is 2.27. The highest BCUT2D eigenvalue weighted by Crippen LogP contribution is 2.26. The van der Waals surface area contributed by atoms with Gasteiger partial charge in [0.2, 0.25) is 10.0 Å². The number of halogens is 2. The largest absolute Gasteiger partial charge is 0.399 e. The zero-order valence-corrected chi connectivity index (χ0v) is 14.6. The SMILES string of the molecule is Cc1cc(CNS(=O)(=O)c2cc(N)cc(Br)c2F)sc1C. The van der Waals surface area contributed by atoms with Crippen LogP contribution in [-0.2, 0) is 16.6 Å². The number of rotatable bonds is 4. The van der Waals surface area contributed by atoms with Gasteiger partial charge in [0.05, 0.1) is 4.47 Å². The van der Waals surface area contributed by atoms with Crippen LogP contribution in [0.3, 0.4) is 0 Å². The van der Waals surface area contributed by atoms with Crippen LogP contribution in [0.2, 0.25) is 0 Å². The lowest BCUT2D eigenvalue weighted by molar-refractivity contribution is 0.554. The summed E-state index contributed by atoms with van der Waals surface area (Å²) in [5, 5.41) is 0. The smallest absolute Gasteiger partial charge is 0.243 e. The number of hydrogen-bond acceptors (Lipinski definition) is 4. The monoisotopic (exact) mass is 392 g/mol. The Bertz CT molecular complexity index is 768. The summed E-state index contributed by atoms with van der Waals surface area (Å²) < 4.78 is 40.8. The van der Waals surface area contributed by atoms with Gasteiger partial charge in [-0.1, -0.05) is 0 Å². The molecule has 0 aliphatic rings. The molecule has 2 rings (SSSR count). The molecule has 21 heavy (non-hydrogen) atoms. The Hall–Kier alpha value is -0.960. The van der Waals surface area contributed by atoms with E-state index in [9.17, 15) is 12.8 Å². The van der Waals surface area contributed by atoms with Crippen molar-refractivity contribution in [1.82, 2.24) is 4.72 Å². The number of nitrogens with one attached hydrogen (secondary N) is 1. The first kappa shape index (κ1) is 16.4. The lowest BCUT2D eigenvalue weighted by Gasteiger charge is -2.09. The van der Waals surface area contributed by atoms with Gasteiger partial charge in [-0.05, 0) is 53.5 Å². The topological polar surface area (TPSA) is 72.2 Å². The second-order valence-corrected chi connectivity index (χ2v) is 8.52.